The van der Waals surface area contributed by atoms with E-state index in [-0.39, 0.29) is 5.54 Å². The lowest BCUT2D eigenvalue weighted by molar-refractivity contribution is 0.394. The largest absolute Gasteiger partial charge is 0.497 e. The Morgan fingerprint density at radius 3 is 2.00 bits per heavy atom. The molecule has 0 radical (unpaired) electrons. The van der Waals surface area contributed by atoms with Gasteiger partial charge in [-0.05, 0) is 44.4 Å². The fourth-order valence-electron chi connectivity index (χ4n) is 1.92. The van der Waals surface area contributed by atoms with Crippen molar-refractivity contribution in [2.45, 2.75) is 40.2 Å². The normalized spacial score (nSPS) is 12.7. The summed E-state index contributed by atoms with van der Waals surface area (Å²) in [6.07, 6.45) is 2.22. The van der Waals surface area contributed by atoms with E-state index in [0.29, 0.717) is 5.92 Å². The van der Waals surface area contributed by atoms with E-state index in [2.05, 4.69) is 46.0 Å². The van der Waals surface area contributed by atoms with Crippen LogP contribution in [0.25, 0.3) is 6.08 Å². The third kappa shape index (κ3) is 6.21. The van der Waals surface area contributed by atoms with Crippen molar-refractivity contribution in [1.82, 2.24) is 5.32 Å². The Bertz CT molecular complexity index is 462. The van der Waals surface area contributed by atoms with Gasteiger partial charge in [0.15, 0.2) is 0 Å². The van der Waals surface area contributed by atoms with Gasteiger partial charge in [0.2, 0.25) is 0 Å². The highest BCUT2D eigenvalue weighted by Crippen LogP contribution is 2.25. The van der Waals surface area contributed by atoms with Crippen LogP contribution in [0.5, 0.6) is 11.5 Å². The van der Waals surface area contributed by atoms with Crippen LogP contribution < -0.4 is 14.8 Å². The Kier molecular flexibility index (Phi) is 6.28. The number of ether oxygens (including phenoxy) is 2. The summed E-state index contributed by atoms with van der Waals surface area (Å²) in [5, 5.41) is 3.55. The standard InChI is InChI=1S/C18H29NO2/c1-13(2)15(12-19-18(3,4)5)8-14-9-16(20-6)11-17(10-14)21-7/h8-11,13,19H,12H2,1-7H3. The first kappa shape index (κ1) is 17.6. The summed E-state index contributed by atoms with van der Waals surface area (Å²) in [6, 6.07) is 5.95. The van der Waals surface area contributed by atoms with Crippen molar-refractivity contribution in [2.75, 3.05) is 20.8 Å². The topological polar surface area (TPSA) is 30.5 Å². The van der Waals surface area contributed by atoms with E-state index < -0.39 is 0 Å². The quantitative estimate of drug-likeness (QED) is 0.855. The van der Waals surface area contributed by atoms with Gasteiger partial charge in [0.1, 0.15) is 11.5 Å². The number of nitrogens with one attached hydrogen (secondary N) is 1. The zero-order valence-electron chi connectivity index (χ0n) is 14.4. The van der Waals surface area contributed by atoms with Crippen LogP contribution in [0.4, 0.5) is 0 Å². The number of hydrogen-bond acceptors (Lipinski definition) is 3. The maximum atomic E-state index is 5.33. The molecule has 0 amide bonds. The van der Waals surface area contributed by atoms with E-state index in [1.165, 1.54) is 5.57 Å². The molecule has 0 bridgehead atoms. The molecule has 1 aromatic carbocycles. The third-order valence-electron chi connectivity index (χ3n) is 3.29. The van der Waals surface area contributed by atoms with E-state index in [9.17, 15) is 0 Å². The fourth-order valence-corrected chi connectivity index (χ4v) is 1.92. The van der Waals surface area contributed by atoms with Crippen LogP contribution in [-0.2, 0) is 0 Å². The highest BCUT2D eigenvalue weighted by atomic mass is 16.5. The summed E-state index contributed by atoms with van der Waals surface area (Å²) >= 11 is 0. The second-order valence-corrected chi connectivity index (χ2v) is 6.62. The lowest BCUT2D eigenvalue weighted by atomic mass is 9.98. The van der Waals surface area contributed by atoms with Crippen molar-refractivity contribution in [3.8, 4) is 11.5 Å². The van der Waals surface area contributed by atoms with Gasteiger partial charge in [-0.25, -0.2) is 0 Å². The van der Waals surface area contributed by atoms with Gasteiger partial charge in [0, 0.05) is 18.2 Å². The molecule has 0 atom stereocenters. The predicted octanol–water partition coefficient (Wildman–Crippen LogP) is 4.13. The lowest BCUT2D eigenvalue weighted by Crippen LogP contribution is -2.37. The summed E-state index contributed by atoms with van der Waals surface area (Å²) in [6.45, 7) is 11.8. The molecule has 1 N–H and O–H groups in total. The van der Waals surface area contributed by atoms with Gasteiger partial charge in [-0.3, -0.25) is 0 Å². The SMILES string of the molecule is COc1cc(C=C(CNC(C)(C)C)C(C)C)cc(OC)c1. The van der Waals surface area contributed by atoms with Crippen molar-refractivity contribution in [3.05, 3.63) is 29.3 Å². The minimum Gasteiger partial charge on any atom is -0.497 e. The molecule has 0 aromatic heterocycles. The van der Waals surface area contributed by atoms with E-state index in [4.69, 9.17) is 9.47 Å². The van der Waals surface area contributed by atoms with E-state index in [0.717, 1.165) is 23.6 Å². The first-order valence-electron chi connectivity index (χ1n) is 7.43. The third-order valence-corrected chi connectivity index (χ3v) is 3.29. The average Bonchev–Trinajstić information content (AvgIpc) is 2.41. The van der Waals surface area contributed by atoms with Crippen molar-refractivity contribution in [3.63, 3.8) is 0 Å². The zero-order valence-corrected chi connectivity index (χ0v) is 14.4. The molecular formula is C18H29NO2. The van der Waals surface area contributed by atoms with E-state index in [1.54, 1.807) is 14.2 Å². The number of methoxy groups -OCH3 is 2. The maximum absolute atomic E-state index is 5.33. The molecule has 0 spiro atoms. The Balaban J connectivity index is 3.04. The van der Waals surface area contributed by atoms with Gasteiger partial charge in [0.25, 0.3) is 0 Å². The second-order valence-electron chi connectivity index (χ2n) is 6.62. The molecule has 0 aliphatic heterocycles. The average molecular weight is 291 g/mol. The number of benzene rings is 1. The molecule has 0 unspecified atom stereocenters. The fraction of sp³-hybridized carbons (Fsp3) is 0.556. The maximum Gasteiger partial charge on any atom is 0.123 e. The summed E-state index contributed by atoms with van der Waals surface area (Å²) in [7, 11) is 3.35. The zero-order chi connectivity index (χ0) is 16.0. The van der Waals surface area contributed by atoms with E-state index >= 15 is 0 Å². The van der Waals surface area contributed by atoms with Gasteiger partial charge >= 0.3 is 0 Å². The van der Waals surface area contributed by atoms with Crippen LogP contribution in [0, 0.1) is 5.92 Å². The van der Waals surface area contributed by atoms with E-state index in [1.807, 2.05) is 18.2 Å². The Hall–Kier alpha value is -1.48. The van der Waals surface area contributed by atoms with Crippen molar-refractivity contribution >= 4 is 6.08 Å². The molecule has 0 aliphatic rings. The second kappa shape index (κ2) is 7.51. The predicted molar refractivity (Wildman–Crippen MR) is 90.1 cm³/mol. The Morgan fingerprint density at radius 1 is 1.10 bits per heavy atom. The van der Waals surface area contributed by atoms with Gasteiger partial charge in [0.05, 0.1) is 14.2 Å². The van der Waals surface area contributed by atoms with Crippen molar-refractivity contribution in [1.29, 1.82) is 0 Å². The molecule has 1 aromatic rings. The molecule has 3 nitrogen and oxygen atoms in total. The van der Waals surface area contributed by atoms with Crippen LogP contribution in [0.1, 0.15) is 40.2 Å². The summed E-state index contributed by atoms with van der Waals surface area (Å²) in [4.78, 5) is 0. The molecule has 118 valence electrons. The van der Waals surface area contributed by atoms with Gasteiger partial charge in [-0.2, -0.15) is 0 Å². The van der Waals surface area contributed by atoms with Gasteiger partial charge < -0.3 is 14.8 Å². The van der Waals surface area contributed by atoms with Gasteiger partial charge in [-0.1, -0.05) is 25.5 Å². The summed E-state index contributed by atoms with van der Waals surface area (Å²) < 4.78 is 10.7. The molecule has 21 heavy (non-hydrogen) atoms. The van der Waals surface area contributed by atoms with Gasteiger partial charge in [-0.15, -0.1) is 0 Å². The first-order valence-corrected chi connectivity index (χ1v) is 7.43. The molecule has 3 heteroatoms. The first-order chi connectivity index (χ1) is 9.75. The molecule has 1 rings (SSSR count). The van der Waals surface area contributed by atoms with Crippen LogP contribution in [0.3, 0.4) is 0 Å². The minimum atomic E-state index is 0.111. The highest BCUT2D eigenvalue weighted by Gasteiger charge is 2.12. The number of rotatable bonds is 6. The smallest absolute Gasteiger partial charge is 0.123 e. The van der Waals surface area contributed by atoms with Crippen LogP contribution in [0.2, 0.25) is 0 Å². The molecule has 0 heterocycles. The minimum absolute atomic E-state index is 0.111. The number of hydrogen-bond donors (Lipinski definition) is 1. The molecule has 0 aliphatic carbocycles. The van der Waals surface area contributed by atoms with Crippen molar-refractivity contribution in [2.24, 2.45) is 5.92 Å². The van der Waals surface area contributed by atoms with Crippen molar-refractivity contribution < 1.29 is 9.47 Å². The van der Waals surface area contributed by atoms with Crippen LogP contribution >= 0.6 is 0 Å². The highest BCUT2D eigenvalue weighted by molar-refractivity contribution is 5.58. The molecular weight excluding hydrogens is 262 g/mol. The monoisotopic (exact) mass is 291 g/mol. The Labute approximate surface area is 129 Å². The summed E-state index contributed by atoms with van der Waals surface area (Å²) in [5.74, 6) is 2.11. The lowest BCUT2D eigenvalue weighted by Gasteiger charge is -2.23. The molecule has 0 saturated heterocycles. The molecule has 0 saturated carbocycles. The Morgan fingerprint density at radius 2 is 1.62 bits per heavy atom. The van der Waals surface area contributed by atoms with Crippen LogP contribution in [0.15, 0.2) is 23.8 Å². The van der Waals surface area contributed by atoms with Crippen LogP contribution in [-0.4, -0.2) is 26.3 Å². The summed E-state index contributed by atoms with van der Waals surface area (Å²) in [5.41, 5.74) is 2.57. The molecule has 0 fully saturated rings.